The zero-order chi connectivity index (χ0) is 20.9. The molecule has 0 saturated heterocycles. The molecule has 0 radical (unpaired) electrons. The van der Waals surface area contributed by atoms with Crippen molar-refractivity contribution in [2.45, 2.75) is 38.5 Å². The highest BCUT2D eigenvalue weighted by atomic mass is 16.5. The number of nitrogens with one attached hydrogen (secondary N) is 2. The minimum atomic E-state index is -0.509. The number of aromatic amines is 1. The minimum Gasteiger partial charge on any atom is -0.493 e. The van der Waals surface area contributed by atoms with Gasteiger partial charge < -0.3 is 15.0 Å². The number of amides is 1. The molecule has 0 atom stereocenters. The molecule has 1 saturated carbocycles. The van der Waals surface area contributed by atoms with E-state index in [1.165, 1.54) is 5.56 Å². The van der Waals surface area contributed by atoms with E-state index in [1.807, 2.05) is 38.1 Å². The van der Waals surface area contributed by atoms with Gasteiger partial charge in [-0.1, -0.05) is 18.2 Å². The highest BCUT2D eigenvalue weighted by Crippen LogP contribution is 2.50. The Hall–Kier alpha value is -3.41. The minimum absolute atomic E-state index is 0.0539. The van der Waals surface area contributed by atoms with Crippen LogP contribution < -0.4 is 15.6 Å². The maximum atomic E-state index is 13.2. The van der Waals surface area contributed by atoms with E-state index in [2.05, 4.69) is 21.4 Å². The maximum absolute atomic E-state index is 13.2. The number of H-pyrrole nitrogens is 1. The molecule has 6 nitrogen and oxygen atoms in total. The van der Waals surface area contributed by atoms with Gasteiger partial charge in [0.1, 0.15) is 11.6 Å². The fourth-order valence-corrected chi connectivity index (χ4v) is 4.13. The van der Waals surface area contributed by atoms with Gasteiger partial charge in [-0.25, -0.2) is 4.98 Å². The standard InChI is InChI=1S/C24H23N3O3/c1-14-11-18(22(28)25-13-14)21-15(2)3-6-20(26-21)27-23(29)24(8-9-24)17-4-5-19-16(12-17)7-10-30-19/h3-6,11-13H,7-10H2,1-2H3,(H,25,28)(H,26,27,29). The van der Waals surface area contributed by atoms with E-state index in [9.17, 15) is 9.59 Å². The number of hydrogen-bond donors (Lipinski definition) is 2. The number of benzene rings is 1. The lowest BCUT2D eigenvalue weighted by Gasteiger charge is -2.17. The summed E-state index contributed by atoms with van der Waals surface area (Å²) in [7, 11) is 0. The Balaban J connectivity index is 1.44. The number of anilines is 1. The fourth-order valence-electron chi connectivity index (χ4n) is 4.13. The van der Waals surface area contributed by atoms with Crippen LogP contribution in [0.25, 0.3) is 11.3 Å². The van der Waals surface area contributed by atoms with Gasteiger partial charge in [0, 0.05) is 12.6 Å². The number of fused-ring (bicyclic) bond motifs is 1. The van der Waals surface area contributed by atoms with E-state index >= 15 is 0 Å². The van der Waals surface area contributed by atoms with Crippen molar-refractivity contribution < 1.29 is 9.53 Å². The van der Waals surface area contributed by atoms with Crippen molar-refractivity contribution in [3.05, 3.63) is 75.2 Å². The third-order valence-electron chi connectivity index (χ3n) is 6.07. The Morgan fingerprint density at radius 2 is 2.00 bits per heavy atom. The first-order valence-corrected chi connectivity index (χ1v) is 10.2. The summed E-state index contributed by atoms with van der Waals surface area (Å²) in [5.41, 5.74) is 4.40. The Morgan fingerprint density at radius 3 is 2.80 bits per heavy atom. The molecule has 1 fully saturated rings. The predicted octanol–water partition coefficient (Wildman–Crippen LogP) is 3.66. The highest BCUT2D eigenvalue weighted by Gasteiger charge is 2.51. The number of carbonyl (C=O) groups is 1. The zero-order valence-corrected chi connectivity index (χ0v) is 17.0. The molecule has 0 bridgehead atoms. The molecule has 1 aliphatic heterocycles. The first-order valence-electron chi connectivity index (χ1n) is 10.2. The lowest BCUT2D eigenvalue weighted by molar-refractivity contribution is -0.118. The van der Waals surface area contributed by atoms with Crippen LogP contribution in [0, 0.1) is 13.8 Å². The van der Waals surface area contributed by atoms with Crippen LogP contribution in [-0.4, -0.2) is 22.5 Å². The van der Waals surface area contributed by atoms with Crippen molar-refractivity contribution in [3.63, 3.8) is 0 Å². The molecule has 1 aliphatic carbocycles. The van der Waals surface area contributed by atoms with Crippen molar-refractivity contribution in [1.29, 1.82) is 0 Å². The summed E-state index contributed by atoms with van der Waals surface area (Å²) < 4.78 is 5.59. The number of carbonyl (C=O) groups excluding carboxylic acids is 1. The lowest BCUT2D eigenvalue weighted by atomic mass is 9.93. The van der Waals surface area contributed by atoms with Crippen molar-refractivity contribution in [1.82, 2.24) is 9.97 Å². The first kappa shape index (κ1) is 18.6. The largest absolute Gasteiger partial charge is 0.493 e. The number of nitrogens with zero attached hydrogens (tertiary/aromatic N) is 1. The third-order valence-corrected chi connectivity index (χ3v) is 6.07. The average molecular weight is 401 g/mol. The van der Waals surface area contributed by atoms with Crippen LogP contribution in [0.2, 0.25) is 0 Å². The summed E-state index contributed by atoms with van der Waals surface area (Å²) in [5.74, 6) is 1.32. The summed E-state index contributed by atoms with van der Waals surface area (Å²) in [6, 6.07) is 11.6. The van der Waals surface area contributed by atoms with Crippen LogP contribution >= 0.6 is 0 Å². The molecule has 0 spiro atoms. The molecule has 5 rings (SSSR count). The van der Waals surface area contributed by atoms with Gasteiger partial charge in [0.2, 0.25) is 5.91 Å². The molecule has 2 N–H and O–H groups in total. The van der Waals surface area contributed by atoms with Gasteiger partial charge in [0.05, 0.1) is 23.3 Å². The summed E-state index contributed by atoms with van der Waals surface area (Å²) in [4.78, 5) is 32.9. The third kappa shape index (κ3) is 3.09. The summed E-state index contributed by atoms with van der Waals surface area (Å²) in [5, 5.41) is 2.99. The SMILES string of the molecule is Cc1c[nH]c(=O)c(-c2nc(NC(=O)C3(c4ccc5c(c4)CCO5)CC3)ccc2C)c1. The summed E-state index contributed by atoms with van der Waals surface area (Å²) in [6.07, 6.45) is 4.18. The van der Waals surface area contributed by atoms with Crippen molar-refractivity contribution in [3.8, 4) is 17.0 Å². The smallest absolute Gasteiger partial charge is 0.257 e. The van der Waals surface area contributed by atoms with Crippen LogP contribution in [0.3, 0.4) is 0 Å². The number of aromatic nitrogens is 2. The van der Waals surface area contributed by atoms with Crippen molar-refractivity contribution in [2.24, 2.45) is 0 Å². The normalized spacial score (nSPS) is 15.9. The van der Waals surface area contributed by atoms with E-state index in [1.54, 1.807) is 12.3 Å². The average Bonchev–Trinajstić information content (AvgIpc) is 3.42. The molecule has 3 heterocycles. The predicted molar refractivity (Wildman–Crippen MR) is 115 cm³/mol. The molecule has 152 valence electrons. The van der Waals surface area contributed by atoms with Crippen LogP contribution in [0.15, 0.2) is 47.4 Å². The molecule has 2 aromatic heterocycles. The Morgan fingerprint density at radius 1 is 1.17 bits per heavy atom. The molecule has 6 heteroatoms. The van der Waals surface area contributed by atoms with E-state index in [4.69, 9.17) is 4.74 Å². The Labute approximate surface area is 174 Å². The van der Waals surface area contributed by atoms with Gasteiger partial charge in [-0.3, -0.25) is 9.59 Å². The molecule has 30 heavy (non-hydrogen) atoms. The second-order valence-electron chi connectivity index (χ2n) is 8.24. The van der Waals surface area contributed by atoms with E-state index in [0.29, 0.717) is 23.7 Å². The van der Waals surface area contributed by atoms with Gasteiger partial charge in [0.15, 0.2) is 0 Å². The van der Waals surface area contributed by atoms with E-state index < -0.39 is 5.41 Å². The molecule has 1 aromatic carbocycles. The number of pyridine rings is 2. The van der Waals surface area contributed by atoms with Gasteiger partial charge in [-0.2, -0.15) is 0 Å². The molecule has 3 aromatic rings. The number of rotatable bonds is 4. The van der Waals surface area contributed by atoms with Gasteiger partial charge in [0.25, 0.3) is 5.56 Å². The second-order valence-corrected chi connectivity index (χ2v) is 8.24. The van der Waals surface area contributed by atoms with Crippen LogP contribution in [-0.2, 0) is 16.6 Å². The summed E-state index contributed by atoms with van der Waals surface area (Å²) in [6.45, 7) is 4.52. The Kier molecular flexibility index (Phi) is 4.24. The van der Waals surface area contributed by atoms with Gasteiger partial charge in [-0.15, -0.1) is 0 Å². The zero-order valence-electron chi connectivity index (χ0n) is 17.0. The number of ether oxygens (including phenoxy) is 1. The van der Waals surface area contributed by atoms with Crippen LogP contribution in [0.4, 0.5) is 5.82 Å². The van der Waals surface area contributed by atoms with E-state index in [0.717, 1.165) is 41.7 Å². The maximum Gasteiger partial charge on any atom is 0.257 e. The van der Waals surface area contributed by atoms with Crippen molar-refractivity contribution in [2.75, 3.05) is 11.9 Å². The molecule has 0 unspecified atom stereocenters. The van der Waals surface area contributed by atoms with Crippen LogP contribution in [0.1, 0.15) is 35.1 Å². The second kappa shape index (κ2) is 6.83. The topological polar surface area (TPSA) is 84.1 Å². The monoisotopic (exact) mass is 401 g/mol. The van der Waals surface area contributed by atoms with Crippen LogP contribution in [0.5, 0.6) is 5.75 Å². The molecular weight excluding hydrogens is 378 g/mol. The molecule has 1 amide bonds. The highest BCUT2D eigenvalue weighted by molar-refractivity contribution is 6.01. The molecular formula is C24H23N3O3. The number of hydrogen-bond acceptors (Lipinski definition) is 4. The molecule has 2 aliphatic rings. The Bertz CT molecular complexity index is 1220. The quantitative estimate of drug-likeness (QED) is 0.699. The van der Waals surface area contributed by atoms with Crippen molar-refractivity contribution >= 4 is 11.7 Å². The summed E-state index contributed by atoms with van der Waals surface area (Å²) >= 11 is 0. The lowest BCUT2D eigenvalue weighted by Crippen LogP contribution is -2.28. The first-order chi connectivity index (χ1) is 14.5. The fraction of sp³-hybridized carbons (Fsp3) is 0.292. The van der Waals surface area contributed by atoms with Gasteiger partial charge in [-0.05, 0) is 67.1 Å². The van der Waals surface area contributed by atoms with E-state index in [-0.39, 0.29) is 11.5 Å². The number of aryl methyl sites for hydroxylation is 2. The van der Waals surface area contributed by atoms with Gasteiger partial charge >= 0.3 is 0 Å².